The summed E-state index contributed by atoms with van der Waals surface area (Å²) < 4.78 is 5.34. The highest BCUT2D eigenvalue weighted by Crippen LogP contribution is 2.43. The van der Waals surface area contributed by atoms with Crippen LogP contribution in [0.3, 0.4) is 0 Å². The van der Waals surface area contributed by atoms with E-state index in [1.165, 1.54) is 6.42 Å². The Labute approximate surface area is 148 Å². The Bertz CT molecular complexity index is 630. The Morgan fingerprint density at radius 1 is 1.12 bits per heavy atom. The maximum Gasteiger partial charge on any atom is 0.318 e. The Balaban J connectivity index is 1.50. The lowest BCUT2D eigenvalue weighted by Crippen LogP contribution is -2.51. The molecule has 3 unspecified atom stereocenters. The van der Waals surface area contributed by atoms with Crippen molar-refractivity contribution < 1.29 is 14.3 Å². The zero-order chi connectivity index (χ0) is 17.2. The summed E-state index contributed by atoms with van der Waals surface area (Å²) in [4.78, 5) is 29.6. The van der Waals surface area contributed by atoms with Crippen LogP contribution in [0.1, 0.15) is 30.9 Å². The minimum atomic E-state index is -0.633. The highest BCUT2D eigenvalue weighted by molar-refractivity contribution is 5.88. The van der Waals surface area contributed by atoms with Crippen LogP contribution in [0.15, 0.2) is 30.3 Å². The van der Waals surface area contributed by atoms with Crippen molar-refractivity contribution in [2.75, 3.05) is 32.8 Å². The first-order valence-corrected chi connectivity index (χ1v) is 9.22. The third kappa shape index (κ3) is 3.49. The molecule has 25 heavy (non-hydrogen) atoms. The number of amides is 3. The van der Waals surface area contributed by atoms with Crippen molar-refractivity contribution in [3.05, 3.63) is 35.9 Å². The number of rotatable bonds is 3. The van der Waals surface area contributed by atoms with Gasteiger partial charge in [0.25, 0.3) is 0 Å². The number of ether oxygens (including phenoxy) is 1. The van der Waals surface area contributed by atoms with Crippen LogP contribution in [0.2, 0.25) is 0 Å². The fourth-order valence-corrected chi connectivity index (χ4v) is 3.97. The van der Waals surface area contributed by atoms with Gasteiger partial charge in [0.05, 0.1) is 13.2 Å². The number of hydrogen-bond acceptors (Lipinski definition) is 3. The predicted octanol–water partition coefficient (Wildman–Crippen LogP) is 1.78. The lowest BCUT2D eigenvalue weighted by Gasteiger charge is -2.33. The molecule has 3 fully saturated rings. The molecule has 6 nitrogen and oxygen atoms in total. The molecular formula is C19H25N3O3. The molecule has 0 radical (unpaired) electrons. The van der Waals surface area contributed by atoms with E-state index in [1.54, 1.807) is 4.90 Å². The molecule has 0 bridgehead atoms. The van der Waals surface area contributed by atoms with Crippen molar-refractivity contribution in [2.24, 2.45) is 5.92 Å². The van der Waals surface area contributed by atoms with Crippen LogP contribution < -0.4 is 5.32 Å². The highest BCUT2D eigenvalue weighted by Gasteiger charge is 2.46. The average molecular weight is 343 g/mol. The summed E-state index contributed by atoms with van der Waals surface area (Å²) in [7, 11) is 0. The van der Waals surface area contributed by atoms with E-state index >= 15 is 0 Å². The van der Waals surface area contributed by atoms with Crippen molar-refractivity contribution in [3.63, 3.8) is 0 Å². The molecule has 1 aromatic rings. The summed E-state index contributed by atoms with van der Waals surface area (Å²) >= 11 is 0. The third-order valence-corrected chi connectivity index (χ3v) is 5.49. The molecule has 0 aromatic heterocycles. The van der Waals surface area contributed by atoms with Gasteiger partial charge in [-0.2, -0.15) is 0 Å². The molecule has 1 N–H and O–H groups in total. The maximum atomic E-state index is 13.0. The molecule has 1 aromatic carbocycles. The SMILES string of the molecule is O=C(C(NC(=O)N1CCCC2CC21)c1ccccc1)N1CCOCC1. The predicted molar refractivity (Wildman–Crippen MR) is 92.9 cm³/mol. The van der Waals surface area contributed by atoms with Gasteiger partial charge < -0.3 is 19.9 Å². The Morgan fingerprint density at radius 2 is 1.88 bits per heavy atom. The van der Waals surface area contributed by atoms with Crippen LogP contribution in [0.25, 0.3) is 0 Å². The number of urea groups is 1. The van der Waals surface area contributed by atoms with E-state index in [0.29, 0.717) is 38.3 Å². The van der Waals surface area contributed by atoms with E-state index in [-0.39, 0.29) is 11.9 Å². The Kier molecular flexibility index (Phi) is 4.61. The number of nitrogens with zero attached hydrogens (tertiary/aromatic N) is 2. The molecule has 6 heteroatoms. The molecule has 2 saturated heterocycles. The number of morpholine rings is 1. The van der Waals surface area contributed by atoms with Crippen LogP contribution in [0.5, 0.6) is 0 Å². The minimum absolute atomic E-state index is 0.0489. The molecule has 3 amide bonds. The van der Waals surface area contributed by atoms with Crippen molar-refractivity contribution >= 4 is 11.9 Å². The van der Waals surface area contributed by atoms with E-state index in [4.69, 9.17) is 4.74 Å². The molecule has 4 rings (SSSR count). The van der Waals surface area contributed by atoms with Crippen molar-refractivity contribution in [2.45, 2.75) is 31.3 Å². The molecule has 0 spiro atoms. The first-order chi connectivity index (χ1) is 12.2. The Hall–Kier alpha value is -2.08. The summed E-state index contributed by atoms with van der Waals surface area (Å²) in [6, 6.07) is 9.16. The monoisotopic (exact) mass is 343 g/mol. The second-order valence-corrected chi connectivity index (χ2v) is 7.13. The number of nitrogens with one attached hydrogen (secondary N) is 1. The smallest absolute Gasteiger partial charge is 0.318 e. The van der Waals surface area contributed by atoms with Crippen LogP contribution in [0.4, 0.5) is 4.79 Å². The van der Waals surface area contributed by atoms with Gasteiger partial charge in [0, 0.05) is 25.7 Å². The Morgan fingerprint density at radius 3 is 2.64 bits per heavy atom. The van der Waals surface area contributed by atoms with Gasteiger partial charge in [-0.25, -0.2) is 4.79 Å². The zero-order valence-electron chi connectivity index (χ0n) is 14.4. The van der Waals surface area contributed by atoms with Crippen molar-refractivity contribution in [3.8, 4) is 0 Å². The average Bonchev–Trinajstić information content (AvgIpc) is 3.46. The van der Waals surface area contributed by atoms with Gasteiger partial charge in [0.2, 0.25) is 5.91 Å². The fraction of sp³-hybridized carbons (Fsp3) is 0.579. The summed E-state index contributed by atoms with van der Waals surface area (Å²) in [5, 5.41) is 3.01. The van der Waals surface area contributed by atoms with Gasteiger partial charge in [-0.3, -0.25) is 4.79 Å². The number of carbonyl (C=O) groups is 2. The van der Waals surface area contributed by atoms with Crippen LogP contribution in [-0.4, -0.2) is 60.6 Å². The molecular weight excluding hydrogens is 318 g/mol. The van der Waals surface area contributed by atoms with Crippen LogP contribution in [0, 0.1) is 5.92 Å². The quantitative estimate of drug-likeness (QED) is 0.910. The van der Waals surface area contributed by atoms with Crippen LogP contribution in [-0.2, 0) is 9.53 Å². The molecule has 3 atom stereocenters. The zero-order valence-corrected chi connectivity index (χ0v) is 14.4. The largest absolute Gasteiger partial charge is 0.378 e. The van der Waals surface area contributed by atoms with Gasteiger partial charge in [-0.05, 0) is 30.7 Å². The van der Waals surface area contributed by atoms with E-state index in [9.17, 15) is 9.59 Å². The van der Waals surface area contributed by atoms with Gasteiger partial charge in [-0.1, -0.05) is 30.3 Å². The highest BCUT2D eigenvalue weighted by atomic mass is 16.5. The molecule has 1 aliphatic carbocycles. The van der Waals surface area contributed by atoms with Crippen LogP contribution >= 0.6 is 0 Å². The van der Waals surface area contributed by atoms with Crippen molar-refractivity contribution in [1.82, 2.24) is 15.1 Å². The normalized spacial score (nSPS) is 26.6. The van der Waals surface area contributed by atoms with Gasteiger partial charge >= 0.3 is 6.03 Å². The second-order valence-electron chi connectivity index (χ2n) is 7.13. The number of likely N-dealkylation sites (tertiary alicyclic amines) is 1. The van der Waals surface area contributed by atoms with Gasteiger partial charge in [0.1, 0.15) is 6.04 Å². The van der Waals surface area contributed by atoms with E-state index in [1.807, 2.05) is 35.2 Å². The number of hydrogen-bond donors (Lipinski definition) is 1. The lowest BCUT2D eigenvalue weighted by atomic mass is 10.1. The molecule has 1 saturated carbocycles. The summed E-state index contributed by atoms with van der Waals surface area (Å²) in [5.74, 6) is 0.622. The number of fused-ring (bicyclic) bond motifs is 1. The molecule has 134 valence electrons. The van der Waals surface area contributed by atoms with E-state index < -0.39 is 6.04 Å². The number of benzene rings is 1. The maximum absolute atomic E-state index is 13.0. The minimum Gasteiger partial charge on any atom is -0.378 e. The summed E-state index contributed by atoms with van der Waals surface area (Å²) in [5.41, 5.74) is 0.830. The second kappa shape index (κ2) is 7.04. The molecule has 2 heterocycles. The summed E-state index contributed by atoms with van der Waals surface area (Å²) in [6.45, 7) is 3.05. The van der Waals surface area contributed by atoms with E-state index in [0.717, 1.165) is 24.9 Å². The fourth-order valence-electron chi connectivity index (χ4n) is 3.97. The number of piperidine rings is 1. The lowest BCUT2D eigenvalue weighted by molar-refractivity contribution is -0.137. The summed E-state index contributed by atoms with van der Waals surface area (Å²) in [6.07, 6.45) is 3.39. The van der Waals surface area contributed by atoms with E-state index in [2.05, 4.69) is 5.32 Å². The topological polar surface area (TPSA) is 61.9 Å². The standard InChI is InChI=1S/C19H25N3O3/c23-18(21-9-11-25-12-10-21)17(14-5-2-1-3-6-14)20-19(24)22-8-4-7-15-13-16(15)22/h1-3,5-6,15-17H,4,7-13H2,(H,20,24). The van der Waals surface area contributed by atoms with Crippen molar-refractivity contribution in [1.29, 1.82) is 0 Å². The first-order valence-electron chi connectivity index (χ1n) is 9.22. The molecule has 3 aliphatic rings. The first kappa shape index (κ1) is 16.4. The molecule has 2 aliphatic heterocycles. The third-order valence-electron chi connectivity index (χ3n) is 5.49. The number of carbonyl (C=O) groups excluding carboxylic acids is 2. The van der Waals surface area contributed by atoms with Gasteiger partial charge in [-0.15, -0.1) is 0 Å². The van der Waals surface area contributed by atoms with Gasteiger partial charge in [0.15, 0.2) is 0 Å².